The van der Waals surface area contributed by atoms with E-state index in [2.05, 4.69) is 35.5 Å². The van der Waals surface area contributed by atoms with Crippen LogP contribution in [0.2, 0.25) is 0 Å². The average molecular weight is 301 g/mol. The van der Waals surface area contributed by atoms with E-state index in [4.69, 9.17) is 10.5 Å². The summed E-state index contributed by atoms with van der Waals surface area (Å²) in [6.07, 6.45) is 0.950. The molecule has 0 aliphatic heterocycles. The average Bonchev–Trinajstić information content (AvgIpc) is 3.00. The van der Waals surface area contributed by atoms with Crippen molar-refractivity contribution < 1.29 is 4.74 Å². The first-order valence-corrected chi connectivity index (χ1v) is 7.77. The van der Waals surface area contributed by atoms with Crippen LogP contribution in [-0.2, 0) is 6.42 Å². The van der Waals surface area contributed by atoms with Gasteiger partial charge in [-0.2, -0.15) is 0 Å². The third-order valence-electron chi connectivity index (χ3n) is 3.66. The van der Waals surface area contributed by atoms with Gasteiger partial charge >= 0.3 is 0 Å². The van der Waals surface area contributed by atoms with Crippen molar-refractivity contribution >= 4 is 28.3 Å². The zero-order valence-corrected chi connectivity index (χ0v) is 13.3. The Morgan fingerprint density at radius 3 is 2.81 bits per heavy atom. The van der Waals surface area contributed by atoms with Gasteiger partial charge in [0.2, 0.25) is 5.95 Å². The molecule has 4 nitrogen and oxygen atoms in total. The Hall–Kier alpha value is -2.01. The van der Waals surface area contributed by atoms with Gasteiger partial charge < -0.3 is 15.0 Å². The van der Waals surface area contributed by atoms with Gasteiger partial charge in [-0.25, -0.2) is 4.98 Å². The first-order valence-electron chi connectivity index (χ1n) is 6.95. The van der Waals surface area contributed by atoms with E-state index in [0.29, 0.717) is 5.95 Å². The van der Waals surface area contributed by atoms with Crippen molar-refractivity contribution in [1.29, 1.82) is 0 Å². The lowest BCUT2D eigenvalue weighted by atomic mass is 10.2. The molecule has 3 aromatic rings. The van der Waals surface area contributed by atoms with Crippen LogP contribution in [0.3, 0.4) is 0 Å². The van der Waals surface area contributed by atoms with Crippen LogP contribution >= 0.6 is 11.3 Å². The van der Waals surface area contributed by atoms with Crippen molar-refractivity contribution in [3.63, 3.8) is 0 Å². The molecule has 21 heavy (non-hydrogen) atoms. The number of hydrogen-bond acceptors (Lipinski definition) is 4. The first kappa shape index (κ1) is 13.9. The predicted octanol–water partition coefficient (Wildman–Crippen LogP) is 3.80. The van der Waals surface area contributed by atoms with E-state index in [1.54, 1.807) is 7.11 Å². The second-order valence-corrected chi connectivity index (χ2v) is 6.63. The number of rotatable bonds is 4. The SMILES string of the molecule is COc1ccc2nc(N)n(C(C)Cc3ccc(C)s3)c2c1. The summed E-state index contributed by atoms with van der Waals surface area (Å²) < 4.78 is 7.40. The zero-order valence-electron chi connectivity index (χ0n) is 12.5. The van der Waals surface area contributed by atoms with Crippen LogP contribution < -0.4 is 10.5 Å². The number of methoxy groups -OCH3 is 1. The Balaban J connectivity index is 1.99. The fourth-order valence-electron chi connectivity index (χ4n) is 2.66. The van der Waals surface area contributed by atoms with Crippen molar-refractivity contribution in [3.05, 3.63) is 40.1 Å². The Morgan fingerprint density at radius 1 is 1.33 bits per heavy atom. The van der Waals surface area contributed by atoms with Crippen molar-refractivity contribution in [2.24, 2.45) is 0 Å². The first-order chi connectivity index (χ1) is 10.1. The smallest absolute Gasteiger partial charge is 0.201 e. The number of hydrogen-bond donors (Lipinski definition) is 1. The molecule has 0 aliphatic rings. The number of nitrogens with zero attached hydrogens (tertiary/aromatic N) is 2. The van der Waals surface area contributed by atoms with Crippen LogP contribution in [0.25, 0.3) is 11.0 Å². The standard InChI is InChI=1S/C16H19N3OS/c1-10(8-13-6-4-11(2)21-13)19-15-9-12(20-3)5-7-14(15)18-16(19)17/h4-7,9-10H,8H2,1-3H3,(H2,17,18). The molecule has 2 N–H and O–H groups in total. The third-order valence-corrected chi connectivity index (χ3v) is 4.68. The number of imidazole rings is 1. The molecule has 0 saturated heterocycles. The van der Waals surface area contributed by atoms with Gasteiger partial charge in [0.15, 0.2) is 0 Å². The third kappa shape index (κ3) is 2.61. The number of aryl methyl sites for hydroxylation is 1. The zero-order chi connectivity index (χ0) is 15.0. The highest BCUT2D eigenvalue weighted by molar-refractivity contribution is 7.11. The van der Waals surface area contributed by atoms with E-state index in [1.807, 2.05) is 29.5 Å². The molecule has 0 radical (unpaired) electrons. The number of ether oxygens (including phenoxy) is 1. The maximum atomic E-state index is 6.12. The summed E-state index contributed by atoms with van der Waals surface area (Å²) in [7, 11) is 1.67. The predicted molar refractivity (Wildman–Crippen MR) is 88.2 cm³/mol. The molecule has 0 fully saturated rings. The van der Waals surface area contributed by atoms with Gasteiger partial charge in [-0.15, -0.1) is 11.3 Å². The summed E-state index contributed by atoms with van der Waals surface area (Å²) in [5.74, 6) is 1.38. The van der Waals surface area contributed by atoms with Crippen molar-refractivity contribution in [1.82, 2.24) is 9.55 Å². The van der Waals surface area contributed by atoms with E-state index in [1.165, 1.54) is 9.75 Å². The van der Waals surface area contributed by atoms with Crippen molar-refractivity contribution in [2.45, 2.75) is 26.3 Å². The quantitative estimate of drug-likeness (QED) is 0.797. The maximum Gasteiger partial charge on any atom is 0.201 e. The highest BCUT2D eigenvalue weighted by Gasteiger charge is 2.15. The molecule has 0 aliphatic carbocycles. The molecular formula is C16H19N3OS. The molecule has 0 saturated carbocycles. The van der Waals surface area contributed by atoms with E-state index < -0.39 is 0 Å². The number of fused-ring (bicyclic) bond motifs is 1. The molecule has 1 atom stereocenters. The number of aromatic nitrogens is 2. The van der Waals surface area contributed by atoms with Crippen molar-refractivity contribution in [2.75, 3.05) is 12.8 Å². The second kappa shape index (κ2) is 5.41. The maximum absolute atomic E-state index is 6.12. The molecule has 0 bridgehead atoms. The normalized spacial score (nSPS) is 12.7. The molecule has 1 unspecified atom stereocenters. The van der Waals surface area contributed by atoms with Crippen LogP contribution in [0, 0.1) is 6.92 Å². The van der Waals surface area contributed by atoms with Gasteiger partial charge in [0.05, 0.1) is 18.1 Å². The number of anilines is 1. The van der Waals surface area contributed by atoms with Crippen molar-refractivity contribution in [3.8, 4) is 5.75 Å². The Morgan fingerprint density at radius 2 is 2.14 bits per heavy atom. The minimum Gasteiger partial charge on any atom is -0.497 e. The summed E-state index contributed by atoms with van der Waals surface area (Å²) in [6, 6.07) is 10.4. The second-order valence-electron chi connectivity index (χ2n) is 5.26. The lowest BCUT2D eigenvalue weighted by molar-refractivity contribution is 0.415. The minimum absolute atomic E-state index is 0.250. The molecule has 2 aromatic heterocycles. The van der Waals surface area contributed by atoms with Gasteiger partial charge in [-0.05, 0) is 38.1 Å². The topological polar surface area (TPSA) is 53.1 Å². The Labute approximate surface area is 128 Å². The van der Waals surface area contributed by atoms with E-state index in [0.717, 1.165) is 23.2 Å². The van der Waals surface area contributed by atoms with E-state index in [-0.39, 0.29) is 6.04 Å². The van der Waals surface area contributed by atoms with Gasteiger partial charge in [0, 0.05) is 28.3 Å². The molecule has 0 amide bonds. The largest absolute Gasteiger partial charge is 0.497 e. The summed E-state index contributed by atoms with van der Waals surface area (Å²) in [5, 5.41) is 0. The van der Waals surface area contributed by atoms with E-state index >= 15 is 0 Å². The van der Waals surface area contributed by atoms with Crippen LogP contribution in [0.1, 0.15) is 22.7 Å². The lowest BCUT2D eigenvalue weighted by Gasteiger charge is -2.15. The molecule has 0 spiro atoms. The van der Waals surface area contributed by atoms with Crippen LogP contribution in [-0.4, -0.2) is 16.7 Å². The molecule has 2 heterocycles. The summed E-state index contributed by atoms with van der Waals surface area (Å²) >= 11 is 1.83. The number of nitrogens with two attached hydrogens (primary N) is 1. The van der Waals surface area contributed by atoms with Crippen LogP contribution in [0.15, 0.2) is 30.3 Å². The highest BCUT2D eigenvalue weighted by atomic mass is 32.1. The van der Waals surface area contributed by atoms with Gasteiger partial charge in [0.1, 0.15) is 5.75 Å². The number of nitrogen functional groups attached to an aromatic ring is 1. The monoisotopic (exact) mass is 301 g/mol. The molecule has 5 heteroatoms. The molecule has 110 valence electrons. The summed E-state index contributed by atoms with van der Waals surface area (Å²) in [5.41, 5.74) is 8.05. The number of thiophene rings is 1. The molecule has 1 aromatic carbocycles. The lowest BCUT2D eigenvalue weighted by Crippen LogP contribution is -2.10. The fourth-order valence-corrected chi connectivity index (χ4v) is 3.67. The molecule has 3 rings (SSSR count). The van der Waals surface area contributed by atoms with Gasteiger partial charge in [-0.3, -0.25) is 0 Å². The van der Waals surface area contributed by atoms with E-state index in [9.17, 15) is 0 Å². The van der Waals surface area contributed by atoms with Gasteiger partial charge in [0.25, 0.3) is 0 Å². The Kier molecular flexibility index (Phi) is 3.59. The fraction of sp³-hybridized carbons (Fsp3) is 0.312. The van der Waals surface area contributed by atoms with Crippen LogP contribution in [0.4, 0.5) is 5.95 Å². The Bertz CT molecular complexity index is 775. The highest BCUT2D eigenvalue weighted by Crippen LogP contribution is 2.29. The minimum atomic E-state index is 0.250. The molecular weight excluding hydrogens is 282 g/mol. The summed E-state index contributed by atoms with van der Waals surface area (Å²) in [4.78, 5) is 7.15. The van der Waals surface area contributed by atoms with Gasteiger partial charge in [-0.1, -0.05) is 0 Å². The number of benzene rings is 1. The summed E-state index contributed by atoms with van der Waals surface area (Å²) in [6.45, 7) is 4.30. The van der Waals surface area contributed by atoms with Crippen LogP contribution in [0.5, 0.6) is 5.75 Å².